The van der Waals surface area contributed by atoms with E-state index in [-0.39, 0.29) is 0 Å². The van der Waals surface area contributed by atoms with Crippen LogP contribution in [0.5, 0.6) is 5.75 Å². The second-order valence-corrected chi connectivity index (χ2v) is 5.56. The Hall–Kier alpha value is -1.55. The third-order valence-electron chi connectivity index (χ3n) is 3.86. The number of nitrogens with zero attached hydrogens (tertiary/aromatic N) is 1. The highest BCUT2D eigenvalue weighted by Gasteiger charge is 2.12. The number of benzene rings is 1. The SMILES string of the molecule is CCCCCCCOc1ccc2c(c1)CCCN=C2NN. The van der Waals surface area contributed by atoms with Gasteiger partial charge in [0.25, 0.3) is 0 Å². The van der Waals surface area contributed by atoms with Gasteiger partial charge in [-0.25, -0.2) is 5.84 Å². The number of aryl methyl sites for hydroxylation is 1. The van der Waals surface area contributed by atoms with E-state index in [4.69, 9.17) is 10.6 Å². The van der Waals surface area contributed by atoms with Gasteiger partial charge in [-0.1, -0.05) is 32.6 Å². The number of amidine groups is 1. The first kappa shape index (κ1) is 15.8. The van der Waals surface area contributed by atoms with Crippen LogP contribution in [-0.4, -0.2) is 19.0 Å². The monoisotopic (exact) mass is 289 g/mol. The summed E-state index contributed by atoms with van der Waals surface area (Å²) in [5, 5.41) is 0. The number of unbranched alkanes of at least 4 members (excludes halogenated alkanes) is 4. The molecule has 4 nitrogen and oxygen atoms in total. The minimum atomic E-state index is 0.786. The molecule has 4 heteroatoms. The molecule has 0 saturated heterocycles. The van der Waals surface area contributed by atoms with Crippen LogP contribution in [0.15, 0.2) is 23.2 Å². The van der Waals surface area contributed by atoms with Gasteiger partial charge in [-0.15, -0.1) is 0 Å². The van der Waals surface area contributed by atoms with Crippen molar-refractivity contribution in [3.05, 3.63) is 29.3 Å². The topological polar surface area (TPSA) is 59.6 Å². The van der Waals surface area contributed by atoms with Crippen LogP contribution >= 0.6 is 0 Å². The van der Waals surface area contributed by atoms with E-state index < -0.39 is 0 Å². The molecule has 1 heterocycles. The molecule has 0 saturated carbocycles. The van der Waals surface area contributed by atoms with E-state index in [1.165, 1.54) is 31.2 Å². The summed E-state index contributed by atoms with van der Waals surface area (Å²) in [6.45, 7) is 3.86. The van der Waals surface area contributed by atoms with Gasteiger partial charge in [0.1, 0.15) is 11.6 Å². The van der Waals surface area contributed by atoms with Crippen LogP contribution in [-0.2, 0) is 6.42 Å². The number of hydrogen-bond donors (Lipinski definition) is 2. The second kappa shape index (κ2) is 8.67. The highest BCUT2D eigenvalue weighted by Crippen LogP contribution is 2.22. The average Bonchev–Trinajstić information content (AvgIpc) is 2.72. The lowest BCUT2D eigenvalue weighted by atomic mass is 10.0. The van der Waals surface area contributed by atoms with Crippen molar-refractivity contribution in [1.29, 1.82) is 0 Å². The lowest BCUT2D eigenvalue weighted by Crippen LogP contribution is -2.31. The van der Waals surface area contributed by atoms with Gasteiger partial charge in [0.2, 0.25) is 0 Å². The predicted molar refractivity (Wildman–Crippen MR) is 87.7 cm³/mol. The summed E-state index contributed by atoms with van der Waals surface area (Å²) < 4.78 is 5.87. The Bertz CT molecular complexity index is 471. The molecule has 0 unspecified atom stereocenters. The van der Waals surface area contributed by atoms with Crippen molar-refractivity contribution >= 4 is 5.84 Å². The molecule has 21 heavy (non-hydrogen) atoms. The lowest BCUT2D eigenvalue weighted by Gasteiger charge is -2.12. The number of nitrogens with one attached hydrogen (secondary N) is 1. The number of fused-ring (bicyclic) bond motifs is 1. The van der Waals surface area contributed by atoms with E-state index in [0.717, 1.165) is 49.6 Å². The zero-order valence-corrected chi connectivity index (χ0v) is 13.0. The number of nitrogens with two attached hydrogens (primary N) is 1. The molecule has 116 valence electrons. The molecule has 3 N–H and O–H groups in total. The number of aliphatic imine (C=N–C) groups is 1. The van der Waals surface area contributed by atoms with Crippen molar-refractivity contribution in [3.8, 4) is 5.75 Å². The summed E-state index contributed by atoms with van der Waals surface area (Å²) >= 11 is 0. The van der Waals surface area contributed by atoms with Crippen LogP contribution in [0.2, 0.25) is 0 Å². The van der Waals surface area contributed by atoms with Gasteiger partial charge in [0, 0.05) is 12.1 Å². The zero-order chi connectivity index (χ0) is 14.9. The molecule has 0 amide bonds. The van der Waals surface area contributed by atoms with E-state index in [1.54, 1.807) is 0 Å². The fraction of sp³-hybridized carbons (Fsp3) is 0.588. The van der Waals surface area contributed by atoms with E-state index >= 15 is 0 Å². The van der Waals surface area contributed by atoms with E-state index in [2.05, 4.69) is 29.5 Å². The fourth-order valence-electron chi connectivity index (χ4n) is 2.66. The molecule has 1 aromatic carbocycles. The standard InChI is InChI=1S/C17H27N3O/c1-2-3-4-5-6-12-21-15-9-10-16-14(13-15)8-7-11-19-17(16)20-18/h9-10,13H,2-8,11-12,18H2,1H3,(H,19,20). The number of hydrogen-bond acceptors (Lipinski definition) is 4. The molecule has 2 rings (SSSR count). The molecule has 0 aliphatic carbocycles. The minimum absolute atomic E-state index is 0.786. The zero-order valence-electron chi connectivity index (χ0n) is 13.0. The first-order chi connectivity index (χ1) is 10.3. The van der Waals surface area contributed by atoms with Crippen LogP contribution < -0.4 is 16.0 Å². The van der Waals surface area contributed by atoms with Crippen molar-refractivity contribution in [2.75, 3.05) is 13.2 Å². The van der Waals surface area contributed by atoms with Crippen LogP contribution in [0.3, 0.4) is 0 Å². The lowest BCUT2D eigenvalue weighted by molar-refractivity contribution is 0.304. The summed E-state index contributed by atoms with van der Waals surface area (Å²) in [7, 11) is 0. The van der Waals surface area contributed by atoms with E-state index in [9.17, 15) is 0 Å². The Labute approximate surface area is 127 Å². The molecule has 0 spiro atoms. The maximum absolute atomic E-state index is 5.87. The Morgan fingerprint density at radius 2 is 2.10 bits per heavy atom. The fourth-order valence-corrected chi connectivity index (χ4v) is 2.66. The average molecular weight is 289 g/mol. The molecule has 0 bridgehead atoms. The largest absolute Gasteiger partial charge is 0.494 e. The van der Waals surface area contributed by atoms with Gasteiger partial charge in [-0.3, -0.25) is 4.99 Å². The van der Waals surface area contributed by atoms with Crippen molar-refractivity contribution in [1.82, 2.24) is 5.43 Å². The Morgan fingerprint density at radius 3 is 2.90 bits per heavy atom. The Balaban J connectivity index is 1.89. The maximum Gasteiger partial charge on any atom is 0.142 e. The van der Waals surface area contributed by atoms with E-state index in [1.807, 2.05) is 6.07 Å². The highest BCUT2D eigenvalue weighted by molar-refractivity contribution is 6.00. The van der Waals surface area contributed by atoms with Crippen LogP contribution in [0.4, 0.5) is 0 Å². The molecule has 0 radical (unpaired) electrons. The molecule has 1 aliphatic rings. The van der Waals surface area contributed by atoms with Crippen molar-refractivity contribution in [2.45, 2.75) is 51.9 Å². The molecular weight excluding hydrogens is 262 g/mol. The Morgan fingerprint density at radius 1 is 1.24 bits per heavy atom. The van der Waals surface area contributed by atoms with Gasteiger partial charge in [-0.2, -0.15) is 0 Å². The van der Waals surface area contributed by atoms with Crippen LogP contribution in [0.25, 0.3) is 0 Å². The van der Waals surface area contributed by atoms with E-state index in [0.29, 0.717) is 0 Å². The van der Waals surface area contributed by atoms with Crippen molar-refractivity contribution in [2.24, 2.45) is 10.8 Å². The smallest absolute Gasteiger partial charge is 0.142 e. The normalized spacial score (nSPS) is 14.1. The van der Waals surface area contributed by atoms with Gasteiger partial charge in [-0.05, 0) is 43.0 Å². The number of rotatable bonds is 7. The van der Waals surface area contributed by atoms with Gasteiger partial charge in [0.05, 0.1) is 6.61 Å². The van der Waals surface area contributed by atoms with Crippen LogP contribution in [0, 0.1) is 0 Å². The van der Waals surface area contributed by atoms with Crippen LogP contribution in [0.1, 0.15) is 56.6 Å². The highest BCUT2D eigenvalue weighted by atomic mass is 16.5. The molecular formula is C17H27N3O. The third kappa shape index (κ3) is 4.74. The molecule has 1 aromatic rings. The van der Waals surface area contributed by atoms with Gasteiger partial charge >= 0.3 is 0 Å². The summed E-state index contributed by atoms with van der Waals surface area (Å²) in [5.74, 6) is 7.30. The molecule has 0 fully saturated rings. The van der Waals surface area contributed by atoms with Gasteiger partial charge in [0.15, 0.2) is 0 Å². The summed E-state index contributed by atoms with van der Waals surface area (Å²) in [5.41, 5.74) is 5.07. The van der Waals surface area contributed by atoms with Gasteiger partial charge < -0.3 is 10.2 Å². The Kier molecular flexibility index (Phi) is 6.54. The maximum atomic E-state index is 5.87. The predicted octanol–water partition coefficient (Wildman–Crippen LogP) is 3.19. The summed E-state index contributed by atoms with van der Waals surface area (Å²) in [4.78, 5) is 4.46. The molecule has 0 atom stereocenters. The summed E-state index contributed by atoms with van der Waals surface area (Å²) in [6.07, 6.45) is 8.39. The number of hydrazine groups is 1. The first-order valence-electron chi connectivity index (χ1n) is 8.12. The minimum Gasteiger partial charge on any atom is -0.494 e. The van der Waals surface area contributed by atoms with Crippen molar-refractivity contribution in [3.63, 3.8) is 0 Å². The number of ether oxygens (including phenoxy) is 1. The third-order valence-corrected chi connectivity index (χ3v) is 3.86. The molecule has 1 aliphatic heterocycles. The van der Waals surface area contributed by atoms with Crippen molar-refractivity contribution < 1.29 is 4.74 Å². The second-order valence-electron chi connectivity index (χ2n) is 5.56. The molecule has 0 aromatic heterocycles. The first-order valence-corrected chi connectivity index (χ1v) is 8.12. The summed E-state index contributed by atoms with van der Waals surface area (Å²) in [6, 6.07) is 6.22. The quantitative estimate of drug-likeness (QED) is 0.460.